The summed E-state index contributed by atoms with van der Waals surface area (Å²) in [5.41, 5.74) is 2.64. The largest absolute Gasteiger partial charge is 0.369 e. The lowest BCUT2D eigenvalue weighted by molar-refractivity contribution is -0.0263. The Bertz CT molecular complexity index is 398. The van der Waals surface area contributed by atoms with Crippen LogP contribution in [0.25, 0.3) is 0 Å². The molecule has 19 heavy (non-hydrogen) atoms. The van der Waals surface area contributed by atoms with E-state index in [4.69, 9.17) is 4.74 Å². The van der Waals surface area contributed by atoms with E-state index in [-0.39, 0.29) is 12.2 Å². The Morgan fingerprint density at radius 2 is 1.89 bits per heavy atom. The summed E-state index contributed by atoms with van der Waals surface area (Å²) in [6.45, 7) is 9.70. The third kappa shape index (κ3) is 4.32. The second kappa shape index (κ2) is 6.53. The molecule has 1 aromatic carbocycles. The number of benzene rings is 1. The minimum atomic E-state index is 0.166. The predicted octanol–water partition coefficient (Wildman–Crippen LogP) is 3.85. The molecular weight excluding hydrogens is 234 g/mol. The molecule has 0 aromatic heterocycles. The van der Waals surface area contributed by atoms with Crippen molar-refractivity contribution in [2.24, 2.45) is 5.92 Å². The molecule has 1 aliphatic rings. The molecule has 1 saturated carbocycles. The Morgan fingerprint density at radius 3 is 2.47 bits per heavy atom. The molecule has 1 aromatic rings. The van der Waals surface area contributed by atoms with Crippen LogP contribution in [0.1, 0.15) is 50.8 Å². The van der Waals surface area contributed by atoms with Crippen LogP contribution in [0.15, 0.2) is 24.3 Å². The molecule has 2 rings (SSSR count). The fourth-order valence-corrected chi connectivity index (χ4v) is 2.16. The summed E-state index contributed by atoms with van der Waals surface area (Å²) in [7, 11) is 0. The van der Waals surface area contributed by atoms with Crippen LogP contribution < -0.4 is 5.32 Å². The van der Waals surface area contributed by atoms with E-state index in [0.29, 0.717) is 5.92 Å². The van der Waals surface area contributed by atoms with Crippen LogP contribution in [-0.2, 0) is 4.74 Å². The Morgan fingerprint density at radius 1 is 1.21 bits per heavy atom. The van der Waals surface area contributed by atoms with E-state index < -0.39 is 0 Å². The number of hydrogen-bond acceptors (Lipinski definition) is 2. The van der Waals surface area contributed by atoms with Crippen molar-refractivity contribution in [3.8, 4) is 0 Å². The van der Waals surface area contributed by atoms with Crippen molar-refractivity contribution in [3.05, 3.63) is 35.4 Å². The molecule has 2 unspecified atom stereocenters. The number of aryl methyl sites for hydroxylation is 1. The Balaban J connectivity index is 2.05. The van der Waals surface area contributed by atoms with E-state index in [1.807, 2.05) is 0 Å². The maximum absolute atomic E-state index is 6.29. The quantitative estimate of drug-likeness (QED) is 0.805. The van der Waals surface area contributed by atoms with E-state index >= 15 is 0 Å². The molecule has 1 fully saturated rings. The monoisotopic (exact) mass is 261 g/mol. The molecule has 0 saturated heterocycles. The first kappa shape index (κ1) is 14.5. The molecule has 0 amide bonds. The molecule has 0 bridgehead atoms. The first-order valence-electron chi connectivity index (χ1n) is 7.52. The van der Waals surface area contributed by atoms with Crippen molar-refractivity contribution in [3.63, 3.8) is 0 Å². The average molecular weight is 261 g/mol. The van der Waals surface area contributed by atoms with Crippen LogP contribution in [0.3, 0.4) is 0 Å². The minimum Gasteiger partial charge on any atom is -0.369 e. The van der Waals surface area contributed by atoms with Gasteiger partial charge in [0.15, 0.2) is 0 Å². The highest BCUT2D eigenvalue weighted by molar-refractivity contribution is 5.28. The summed E-state index contributed by atoms with van der Waals surface area (Å²) < 4.78 is 6.29. The van der Waals surface area contributed by atoms with Gasteiger partial charge in [0.05, 0.1) is 12.2 Å². The molecule has 1 N–H and O–H groups in total. The first-order valence-corrected chi connectivity index (χ1v) is 7.52. The number of rotatable bonds is 7. The highest BCUT2D eigenvalue weighted by Crippen LogP contribution is 2.26. The summed E-state index contributed by atoms with van der Waals surface area (Å²) in [5.74, 6) is 0.549. The van der Waals surface area contributed by atoms with Crippen LogP contribution in [0.5, 0.6) is 0 Å². The van der Waals surface area contributed by atoms with Gasteiger partial charge in [0.25, 0.3) is 0 Å². The van der Waals surface area contributed by atoms with Crippen molar-refractivity contribution in [1.82, 2.24) is 5.32 Å². The van der Waals surface area contributed by atoms with Gasteiger partial charge in [-0.15, -0.1) is 0 Å². The average Bonchev–Trinajstić information content (AvgIpc) is 3.19. The third-order valence-electron chi connectivity index (χ3n) is 4.02. The summed E-state index contributed by atoms with van der Waals surface area (Å²) in [4.78, 5) is 0. The molecule has 106 valence electrons. The molecular formula is C17H27NO. The maximum Gasteiger partial charge on any atom is 0.0955 e. The van der Waals surface area contributed by atoms with E-state index in [1.54, 1.807) is 0 Å². The normalized spacial score (nSPS) is 18.6. The zero-order valence-corrected chi connectivity index (χ0v) is 12.6. The Hall–Kier alpha value is -0.860. The van der Waals surface area contributed by atoms with Gasteiger partial charge >= 0.3 is 0 Å². The second-order valence-corrected chi connectivity index (χ2v) is 6.11. The van der Waals surface area contributed by atoms with Gasteiger partial charge < -0.3 is 10.1 Å². The Kier molecular flexibility index (Phi) is 5.00. The smallest absolute Gasteiger partial charge is 0.0955 e. The second-order valence-electron chi connectivity index (χ2n) is 6.11. The fraction of sp³-hybridized carbons (Fsp3) is 0.647. The van der Waals surface area contributed by atoms with Gasteiger partial charge in [0.2, 0.25) is 0 Å². The minimum absolute atomic E-state index is 0.166. The van der Waals surface area contributed by atoms with Crippen LogP contribution >= 0.6 is 0 Å². The standard InChI is InChI=1S/C17H27NO/c1-12(2)14(4)19-17(11-18-15-9-10-15)16-8-6-5-7-13(16)3/h5-8,12,14-15,17-18H,9-11H2,1-4H3. The molecule has 0 heterocycles. The topological polar surface area (TPSA) is 21.3 Å². The molecule has 2 heteroatoms. The zero-order chi connectivity index (χ0) is 13.8. The zero-order valence-electron chi connectivity index (χ0n) is 12.6. The lowest BCUT2D eigenvalue weighted by Gasteiger charge is -2.26. The Labute approximate surface area is 117 Å². The summed E-state index contributed by atoms with van der Waals surface area (Å²) in [6, 6.07) is 9.29. The number of nitrogens with one attached hydrogen (secondary N) is 1. The maximum atomic E-state index is 6.29. The number of ether oxygens (including phenoxy) is 1. The van der Waals surface area contributed by atoms with Gasteiger partial charge in [-0.25, -0.2) is 0 Å². The van der Waals surface area contributed by atoms with Crippen LogP contribution in [0.2, 0.25) is 0 Å². The molecule has 0 aliphatic heterocycles. The molecule has 1 aliphatic carbocycles. The highest BCUT2D eigenvalue weighted by atomic mass is 16.5. The van der Waals surface area contributed by atoms with E-state index in [1.165, 1.54) is 24.0 Å². The SMILES string of the molecule is Cc1ccccc1C(CNC1CC1)OC(C)C(C)C. The third-order valence-corrected chi connectivity index (χ3v) is 4.02. The van der Waals surface area contributed by atoms with Gasteiger partial charge in [-0.1, -0.05) is 38.1 Å². The molecule has 2 nitrogen and oxygen atoms in total. The van der Waals surface area contributed by atoms with Gasteiger partial charge in [-0.2, -0.15) is 0 Å². The highest BCUT2D eigenvalue weighted by Gasteiger charge is 2.24. The number of hydrogen-bond donors (Lipinski definition) is 1. The summed E-state index contributed by atoms with van der Waals surface area (Å²) >= 11 is 0. The fourth-order valence-electron chi connectivity index (χ4n) is 2.16. The van der Waals surface area contributed by atoms with Crippen molar-refractivity contribution in [2.75, 3.05) is 6.54 Å². The van der Waals surface area contributed by atoms with E-state index in [0.717, 1.165) is 12.6 Å². The molecule has 2 atom stereocenters. The van der Waals surface area contributed by atoms with Crippen molar-refractivity contribution >= 4 is 0 Å². The van der Waals surface area contributed by atoms with Gasteiger partial charge in [-0.3, -0.25) is 0 Å². The summed E-state index contributed by atoms with van der Waals surface area (Å²) in [6.07, 6.45) is 3.09. The first-order chi connectivity index (χ1) is 9.08. The lowest BCUT2D eigenvalue weighted by atomic mass is 10.0. The van der Waals surface area contributed by atoms with Crippen LogP contribution in [0, 0.1) is 12.8 Å². The van der Waals surface area contributed by atoms with Crippen molar-refractivity contribution in [2.45, 2.75) is 58.8 Å². The molecule has 0 spiro atoms. The van der Waals surface area contributed by atoms with Crippen molar-refractivity contribution < 1.29 is 4.74 Å². The summed E-state index contributed by atoms with van der Waals surface area (Å²) in [5, 5.41) is 3.60. The lowest BCUT2D eigenvalue weighted by Crippen LogP contribution is -2.29. The predicted molar refractivity (Wildman–Crippen MR) is 80.3 cm³/mol. The van der Waals surface area contributed by atoms with Crippen LogP contribution in [-0.4, -0.2) is 18.7 Å². The van der Waals surface area contributed by atoms with Crippen molar-refractivity contribution in [1.29, 1.82) is 0 Å². The van der Waals surface area contributed by atoms with Gasteiger partial charge in [-0.05, 0) is 43.7 Å². The van der Waals surface area contributed by atoms with E-state index in [2.05, 4.69) is 57.3 Å². The van der Waals surface area contributed by atoms with E-state index in [9.17, 15) is 0 Å². The molecule has 0 radical (unpaired) electrons. The van der Waals surface area contributed by atoms with Crippen LogP contribution in [0.4, 0.5) is 0 Å². The van der Waals surface area contributed by atoms with Gasteiger partial charge in [0, 0.05) is 12.6 Å². The van der Waals surface area contributed by atoms with Gasteiger partial charge in [0.1, 0.15) is 0 Å².